The molecule has 0 aromatic heterocycles. The van der Waals surface area contributed by atoms with Crippen molar-refractivity contribution in [2.24, 2.45) is 0 Å². The molecule has 1 saturated heterocycles. The molecule has 0 saturated carbocycles. The third kappa shape index (κ3) is 4.73. The van der Waals surface area contributed by atoms with E-state index in [0.717, 1.165) is 29.1 Å². The second-order valence-electron chi connectivity index (χ2n) is 6.96. The van der Waals surface area contributed by atoms with Gasteiger partial charge in [-0.2, -0.15) is 0 Å². The van der Waals surface area contributed by atoms with E-state index < -0.39 is 0 Å². The van der Waals surface area contributed by atoms with E-state index in [2.05, 4.69) is 32.3 Å². The highest BCUT2D eigenvalue weighted by molar-refractivity contribution is 6.30. The van der Waals surface area contributed by atoms with Crippen molar-refractivity contribution in [1.29, 1.82) is 0 Å². The summed E-state index contributed by atoms with van der Waals surface area (Å²) in [6.45, 7) is 3.63. The Labute approximate surface area is 149 Å². The monoisotopic (exact) mass is 346 g/mol. The highest BCUT2D eigenvalue weighted by Crippen LogP contribution is 2.23. The minimum absolute atomic E-state index is 0.723. The summed E-state index contributed by atoms with van der Waals surface area (Å²) < 4.78 is 5.94. The molecule has 128 valence electrons. The van der Waals surface area contributed by atoms with Crippen LogP contribution in [0.5, 0.6) is 11.5 Å². The van der Waals surface area contributed by atoms with Gasteiger partial charge < -0.3 is 14.5 Å². The Kier molecular flexibility index (Phi) is 5.77. The van der Waals surface area contributed by atoms with Crippen LogP contribution in [0.4, 0.5) is 0 Å². The van der Waals surface area contributed by atoms with Crippen LogP contribution in [0.2, 0.25) is 5.02 Å². The second kappa shape index (κ2) is 8.02. The Hall–Kier alpha value is -1.55. The fourth-order valence-electron chi connectivity index (χ4n) is 3.43. The van der Waals surface area contributed by atoms with Gasteiger partial charge in [0.15, 0.2) is 0 Å². The molecule has 1 aliphatic heterocycles. The maximum atomic E-state index is 5.94. The Morgan fingerprint density at radius 2 is 1.79 bits per heavy atom. The molecule has 2 aromatic carbocycles. The molecule has 3 rings (SSSR count). The van der Waals surface area contributed by atoms with E-state index in [1.807, 2.05) is 30.3 Å². The maximum absolute atomic E-state index is 5.94. The minimum Gasteiger partial charge on any atom is -0.457 e. The van der Waals surface area contributed by atoms with E-state index in [1.165, 1.54) is 31.5 Å². The van der Waals surface area contributed by atoms with E-state index in [0.29, 0.717) is 0 Å². The molecule has 4 heteroatoms. The van der Waals surface area contributed by atoms with Gasteiger partial charge in [0.1, 0.15) is 18.0 Å². The highest BCUT2D eigenvalue weighted by atomic mass is 35.5. The number of hydrogen-bond acceptors (Lipinski definition) is 1. The van der Waals surface area contributed by atoms with Gasteiger partial charge in [-0.15, -0.1) is 0 Å². The van der Waals surface area contributed by atoms with Crippen LogP contribution >= 0.6 is 11.6 Å². The first-order valence-electron chi connectivity index (χ1n) is 8.76. The van der Waals surface area contributed by atoms with Crippen molar-refractivity contribution in [2.75, 3.05) is 27.2 Å². The van der Waals surface area contributed by atoms with Crippen molar-refractivity contribution < 1.29 is 14.5 Å². The summed E-state index contributed by atoms with van der Waals surface area (Å²) in [6.07, 6.45) is 2.64. The number of nitrogens with one attached hydrogen (secondary N) is 2. The number of hydrogen-bond donors (Lipinski definition) is 2. The molecular weight excluding hydrogens is 320 g/mol. The molecule has 1 fully saturated rings. The largest absolute Gasteiger partial charge is 0.457 e. The van der Waals surface area contributed by atoms with E-state index in [-0.39, 0.29) is 0 Å². The first-order chi connectivity index (χ1) is 11.6. The van der Waals surface area contributed by atoms with Crippen LogP contribution in [-0.4, -0.2) is 33.2 Å². The number of halogens is 1. The van der Waals surface area contributed by atoms with Gasteiger partial charge in [0, 0.05) is 23.4 Å². The third-order valence-corrected chi connectivity index (χ3v) is 5.22. The average molecular weight is 347 g/mol. The third-order valence-electron chi connectivity index (χ3n) is 4.97. The van der Waals surface area contributed by atoms with Crippen molar-refractivity contribution in [3.05, 3.63) is 59.1 Å². The van der Waals surface area contributed by atoms with Crippen LogP contribution in [0.3, 0.4) is 0 Å². The summed E-state index contributed by atoms with van der Waals surface area (Å²) in [7, 11) is 4.61. The van der Waals surface area contributed by atoms with Crippen LogP contribution in [0, 0.1) is 0 Å². The van der Waals surface area contributed by atoms with Gasteiger partial charge in [0.05, 0.1) is 33.2 Å². The van der Waals surface area contributed by atoms with Crippen molar-refractivity contribution in [3.63, 3.8) is 0 Å². The predicted octanol–water partition coefficient (Wildman–Crippen LogP) is 1.82. The van der Waals surface area contributed by atoms with Gasteiger partial charge in [0.2, 0.25) is 0 Å². The van der Waals surface area contributed by atoms with E-state index in [9.17, 15) is 0 Å². The standard InChI is InChI=1S/C20H25ClN2O/c1-22-12-10-18(11-13-22)23(2)15-16-4-3-5-20(14-16)24-19-8-6-17(21)7-9-19/h3-9,14,18H,10-13,15H2,1-2H3/p+2. The van der Waals surface area contributed by atoms with Gasteiger partial charge in [-0.05, 0) is 36.4 Å². The lowest BCUT2D eigenvalue weighted by molar-refractivity contribution is -0.948. The molecule has 1 atom stereocenters. The van der Waals surface area contributed by atoms with Crippen LogP contribution in [0.25, 0.3) is 0 Å². The lowest BCUT2D eigenvalue weighted by atomic mass is 10.0. The normalized spacial score (nSPS) is 22.1. The second-order valence-corrected chi connectivity index (χ2v) is 7.39. The van der Waals surface area contributed by atoms with Crippen LogP contribution in [0.15, 0.2) is 48.5 Å². The fraction of sp³-hybridized carbons (Fsp3) is 0.400. The molecule has 1 unspecified atom stereocenters. The summed E-state index contributed by atoms with van der Waals surface area (Å²) in [5.74, 6) is 1.70. The first kappa shape index (κ1) is 17.3. The van der Waals surface area contributed by atoms with E-state index >= 15 is 0 Å². The molecule has 0 amide bonds. The quantitative estimate of drug-likeness (QED) is 0.845. The number of ether oxygens (including phenoxy) is 1. The SMILES string of the molecule is C[NH+]1CCC([NH+](C)Cc2cccc(Oc3ccc(Cl)cc3)c2)CC1. The molecule has 24 heavy (non-hydrogen) atoms. The highest BCUT2D eigenvalue weighted by Gasteiger charge is 2.25. The Morgan fingerprint density at radius 3 is 2.50 bits per heavy atom. The number of rotatable bonds is 5. The molecule has 0 spiro atoms. The van der Waals surface area contributed by atoms with Gasteiger partial charge in [0.25, 0.3) is 0 Å². The zero-order valence-electron chi connectivity index (χ0n) is 14.5. The fourth-order valence-corrected chi connectivity index (χ4v) is 3.55. The van der Waals surface area contributed by atoms with Crippen LogP contribution in [0.1, 0.15) is 18.4 Å². The zero-order valence-corrected chi connectivity index (χ0v) is 15.3. The molecule has 0 bridgehead atoms. The topological polar surface area (TPSA) is 18.1 Å². The minimum atomic E-state index is 0.723. The lowest BCUT2D eigenvalue weighted by Gasteiger charge is -2.30. The summed E-state index contributed by atoms with van der Waals surface area (Å²) in [5, 5.41) is 0.723. The summed E-state index contributed by atoms with van der Waals surface area (Å²) >= 11 is 5.92. The van der Waals surface area contributed by atoms with Crippen molar-refractivity contribution in [2.45, 2.75) is 25.4 Å². The van der Waals surface area contributed by atoms with Crippen molar-refractivity contribution in [3.8, 4) is 11.5 Å². The smallest absolute Gasteiger partial charge is 0.127 e. The Morgan fingerprint density at radius 1 is 1.08 bits per heavy atom. The van der Waals surface area contributed by atoms with Gasteiger partial charge in [-0.25, -0.2) is 0 Å². The Balaban J connectivity index is 1.61. The number of likely N-dealkylation sites (tertiary alicyclic amines) is 1. The van der Waals surface area contributed by atoms with E-state index in [1.54, 1.807) is 9.80 Å². The predicted molar refractivity (Wildman–Crippen MR) is 98.2 cm³/mol. The molecule has 2 aromatic rings. The average Bonchev–Trinajstić information content (AvgIpc) is 2.58. The molecule has 1 heterocycles. The van der Waals surface area contributed by atoms with Crippen LogP contribution < -0.4 is 14.5 Å². The van der Waals surface area contributed by atoms with Gasteiger partial charge in [-0.3, -0.25) is 0 Å². The van der Waals surface area contributed by atoms with E-state index in [4.69, 9.17) is 16.3 Å². The number of quaternary nitrogens is 2. The molecule has 0 radical (unpaired) electrons. The summed E-state index contributed by atoms with van der Waals surface area (Å²) in [6, 6.07) is 16.7. The maximum Gasteiger partial charge on any atom is 0.127 e. The van der Waals surface area contributed by atoms with Gasteiger partial charge in [-0.1, -0.05) is 23.7 Å². The summed E-state index contributed by atoms with van der Waals surface area (Å²) in [5.41, 5.74) is 1.32. The van der Waals surface area contributed by atoms with Crippen molar-refractivity contribution >= 4 is 11.6 Å². The molecule has 1 aliphatic rings. The lowest BCUT2D eigenvalue weighted by Crippen LogP contribution is -3.17. The molecule has 0 aliphatic carbocycles. The number of piperidine rings is 1. The zero-order chi connectivity index (χ0) is 16.9. The first-order valence-corrected chi connectivity index (χ1v) is 9.14. The van der Waals surface area contributed by atoms with Crippen LogP contribution in [-0.2, 0) is 6.54 Å². The summed E-state index contributed by atoms with van der Waals surface area (Å²) in [4.78, 5) is 3.27. The molecule has 2 N–H and O–H groups in total. The molecule has 3 nitrogen and oxygen atoms in total. The Bertz CT molecular complexity index is 651. The number of benzene rings is 2. The molecular formula is C20H27ClN2O+2. The van der Waals surface area contributed by atoms with Crippen molar-refractivity contribution in [1.82, 2.24) is 0 Å². The van der Waals surface area contributed by atoms with Gasteiger partial charge >= 0.3 is 0 Å².